The van der Waals surface area contributed by atoms with Crippen LogP contribution in [0.3, 0.4) is 0 Å². The van der Waals surface area contributed by atoms with Crippen LogP contribution in [0.2, 0.25) is 0 Å². The number of hydrazone groups is 1. The maximum absolute atomic E-state index is 12.2. The molecule has 0 unspecified atom stereocenters. The van der Waals surface area contributed by atoms with Crippen LogP contribution in [0.5, 0.6) is 17.2 Å². The van der Waals surface area contributed by atoms with Crippen molar-refractivity contribution in [2.45, 2.75) is 11.5 Å². The van der Waals surface area contributed by atoms with Gasteiger partial charge in [0, 0.05) is 5.56 Å². The largest absolute Gasteiger partial charge is 0.493 e. The third-order valence-corrected chi connectivity index (χ3v) is 5.39. The molecule has 0 radical (unpaired) electrons. The minimum atomic E-state index is -3.74. The van der Waals surface area contributed by atoms with Gasteiger partial charge in [-0.25, -0.2) is 4.83 Å². The molecule has 0 aliphatic carbocycles. The smallest absolute Gasteiger partial charge is 0.276 e. The number of hydrogen-bond donors (Lipinski definition) is 1. The van der Waals surface area contributed by atoms with Crippen LogP contribution in [0.15, 0.2) is 82.8 Å². The third-order valence-electron chi connectivity index (χ3n) is 4.15. The van der Waals surface area contributed by atoms with Crippen molar-refractivity contribution < 1.29 is 22.6 Å². The fourth-order valence-corrected chi connectivity index (χ4v) is 3.48. The van der Waals surface area contributed by atoms with Crippen molar-refractivity contribution >= 4 is 16.2 Å². The Kier molecular flexibility index (Phi) is 6.92. The molecular formula is C22H22N2O5S. The average molecular weight is 426 g/mol. The molecule has 0 amide bonds. The Bertz CT molecular complexity index is 1080. The van der Waals surface area contributed by atoms with Crippen molar-refractivity contribution in [1.29, 1.82) is 0 Å². The minimum Gasteiger partial charge on any atom is -0.493 e. The summed E-state index contributed by atoms with van der Waals surface area (Å²) in [7, 11) is -0.710. The van der Waals surface area contributed by atoms with Gasteiger partial charge in [-0.3, -0.25) is 0 Å². The molecule has 0 bridgehead atoms. The predicted molar refractivity (Wildman–Crippen MR) is 115 cm³/mol. The zero-order chi connectivity index (χ0) is 21.4. The first-order valence-corrected chi connectivity index (χ1v) is 10.5. The van der Waals surface area contributed by atoms with Crippen LogP contribution in [-0.2, 0) is 16.6 Å². The van der Waals surface area contributed by atoms with Gasteiger partial charge in [-0.1, -0.05) is 48.5 Å². The topological polar surface area (TPSA) is 86.2 Å². The Balaban J connectivity index is 1.78. The fourth-order valence-electron chi connectivity index (χ4n) is 2.67. The van der Waals surface area contributed by atoms with E-state index < -0.39 is 10.0 Å². The SMILES string of the molecule is COc1cc(/C=N/NS(=O)(=O)c2ccccc2)cc(OC)c1OCc1ccccc1. The Morgan fingerprint density at radius 2 is 1.47 bits per heavy atom. The second kappa shape index (κ2) is 9.80. The van der Waals surface area contributed by atoms with Gasteiger partial charge in [0.25, 0.3) is 10.0 Å². The zero-order valence-electron chi connectivity index (χ0n) is 16.6. The molecule has 0 saturated carbocycles. The van der Waals surface area contributed by atoms with Gasteiger partial charge in [0.05, 0.1) is 25.3 Å². The zero-order valence-corrected chi connectivity index (χ0v) is 17.4. The van der Waals surface area contributed by atoms with Gasteiger partial charge in [0.1, 0.15) is 6.61 Å². The first kappa shape index (κ1) is 21.2. The summed E-state index contributed by atoms with van der Waals surface area (Å²) in [6.07, 6.45) is 1.37. The molecule has 0 atom stereocenters. The number of rotatable bonds is 9. The molecule has 0 aliphatic heterocycles. The minimum absolute atomic E-state index is 0.127. The third kappa shape index (κ3) is 5.30. The van der Waals surface area contributed by atoms with E-state index in [0.717, 1.165) is 5.56 Å². The van der Waals surface area contributed by atoms with E-state index in [-0.39, 0.29) is 4.90 Å². The van der Waals surface area contributed by atoms with Crippen LogP contribution in [-0.4, -0.2) is 28.9 Å². The number of hydrogen-bond acceptors (Lipinski definition) is 6. The highest BCUT2D eigenvalue weighted by Crippen LogP contribution is 2.38. The molecule has 30 heavy (non-hydrogen) atoms. The first-order chi connectivity index (χ1) is 14.5. The lowest BCUT2D eigenvalue weighted by atomic mass is 10.2. The summed E-state index contributed by atoms with van der Waals surface area (Å²) in [6, 6.07) is 21.1. The first-order valence-electron chi connectivity index (χ1n) is 9.06. The van der Waals surface area contributed by atoms with Crippen molar-refractivity contribution in [2.75, 3.05) is 14.2 Å². The van der Waals surface area contributed by atoms with E-state index in [1.165, 1.54) is 32.6 Å². The molecule has 0 aromatic heterocycles. The molecule has 0 heterocycles. The number of nitrogens with zero attached hydrogens (tertiary/aromatic N) is 1. The molecule has 8 heteroatoms. The summed E-state index contributed by atoms with van der Waals surface area (Å²) in [6.45, 7) is 0.345. The Morgan fingerprint density at radius 3 is 2.03 bits per heavy atom. The predicted octanol–water partition coefficient (Wildman–Crippen LogP) is 3.60. The highest BCUT2D eigenvalue weighted by Gasteiger charge is 2.15. The van der Waals surface area contributed by atoms with Crippen LogP contribution in [0.25, 0.3) is 0 Å². The molecule has 3 rings (SSSR count). The van der Waals surface area contributed by atoms with Crippen molar-refractivity contribution in [2.24, 2.45) is 5.10 Å². The van der Waals surface area contributed by atoms with E-state index in [4.69, 9.17) is 14.2 Å². The van der Waals surface area contributed by atoms with Crippen LogP contribution in [0, 0.1) is 0 Å². The molecule has 7 nitrogen and oxygen atoms in total. The Morgan fingerprint density at radius 1 is 0.900 bits per heavy atom. The van der Waals surface area contributed by atoms with E-state index in [1.54, 1.807) is 30.3 Å². The van der Waals surface area contributed by atoms with Gasteiger partial charge in [0.2, 0.25) is 5.75 Å². The lowest BCUT2D eigenvalue weighted by molar-refractivity contribution is 0.266. The summed E-state index contributed by atoms with van der Waals surface area (Å²) in [4.78, 5) is 2.32. The molecule has 0 fully saturated rings. The molecule has 156 valence electrons. The number of nitrogens with one attached hydrogen (secondary N) is 1. The fraction of sp³-hybridized carbons (Fsp3) is 0.136. The molecule has 0 saturated heterocycles. The second-order valence-corrected chi connectivity index (χ2v) is 7.86. The maximum Gasteiger partial charge on any atom is 0.276 e. The van der Waals surface area contributed by atoms with Crippen LogP contribution >= 0.6 is 0 Å². The molecule has 0 aliphatic rings. The van der Waals surface area contributed by atoms with Gasteiger partial charge in [-0.2, -0.15) is 13.5 Å². The Hall–Kier alpha value is -3.52. The molecular weight excluding hydrogens is 404 g/mol. The van der Waals surface area contributed by atoms with E-state index >= 15 is 0 Å². The van der Waals surface area contributed by atoms with Crippen LogP contribution < -0.4 is 19.0 Å². The van der Waals surface area contributed by atoms with Gasteiger partial charge in [-0.15, -0.1) is 0 Å². The molecule has 1 N–H and O–H groups in total. The monoisotopic (exact) mass is 426 g/mol. The van der Waals surface area contributed by atoms with E-state index in [9.17, 15) is 8.42 Å². The molecule has 0 spiro atoms. The quantitative estimate of drug-likeness (QED) is 0.417. The van der Waals surface area contributed by atoms with Gasteiger partial charge in [0.15, 0.2) is 11.5 Å². The molecule has 3 aromatic rings. The summed E-state index contributed by atoms with van der Waals surface area (Å²) >= 11 is 0. The number of ether oxygens (including phenoxy) is 3. The highest BCUT2D eigenvalue weighted by atomic mass is 32.2. The number of sulfonamides is 1. The van der Waals surface area contributed by atoms with Crippen molar-refractivity contribution in [3.05, 3.63) is 83.9 Å². The van der Waals surface area contributed by atoms with E-state index in [0.29, 0.717) is 29.4 Å². The average Bonchev–Trinajstić information content (AvgIpc) is 2.78. The van der Waals surface area contributed by atoms with E-state index in [2.05, 4.69) is 9.93 Å². The van der Waals surface area contributed by atoms with Gasteiger partial charge in [-0.05, 0) is 29.8 Å². The van der Waals surface area contributed by atoms with Crippen LogP contribution in [0.4, 0.5) is 0 Å². The lowest BCUT2D eigenvalue weighted by Gasteiger charge is -2.15. The maximum atomic E-state index is 12.2. The van der Waals surface area contributed by atoms with Gasteiger partial charge >= 0.3 is 0 Å². The summed E-state index contributed by atoms with van der Waals surface area (Å²) in [5, 5.41) is 3.85. The summed E-state index contributed by atoms with van der Waals surface area (Å²) < 4.78 is 41.3. The van der Waals surface area contributed by atoms with Crippen LogP contribution in [0.1, 0.15) is 11.1 Å². The summed E-state index contributed by atoms with van der Waals surface area (Å²) in [5.74, 6) is 1.33. The van der Waals surface area contributed by atoms with E-state index in [1.807, 2.05) is 30.3 Å². The number of benzene rings is 3. The second-order valence-electron chi connectivity index (χ2n) is 6.19. The lowest BCUT2D eigenvalue weighted by Crippen LogP contribution is -2.18. The van der Waals surface area contributed by atoms with Crippen molar-refractivity contribution in [1.82, 2.24) is 4.83 Å². The Labute approximate surface area is 176 Å². The summed E-state index contributed by atoms with van der Waals surface area (Å²) in [5.41, 5.74) is 1.58. The normalized spacial score (nSPS) is 11.3. The van der Waals surface area contributed by atoms with Crippen molar-refractivity contribution in [3.8, 4) is 17.2 Å². The number of methoxy groups -OCH3 is 2. The van der Waals surface area contributed by atoms with Gasteiger partial charge < -0.3 is 14.2 Å². The van der Waals surface area contributed by atoms with Crippen molar-refractivity contribution in [3.63, 3.8) is 0 Å². The standard InChI is InChI=1S/C22H22N2O5S/c1-27-20-13-18(15-23-24-30(25,26)19-11-7-4-8-12-19)14-21(28-2)22(20)29-16-17-9-5-3-6-10-17/h3-15,24H,16H2,1-2H3/b23-15+. The highest BCUT2D eigenvalue weighted by molar-refractivity contribution is 7.89. The molecule has 3 aromatic carbocycles.